The Hall–Kier alpha value is -0.380. The standard InChI is InChI=1S/C20H41NO2/c1-20(22,23)18-16-14-12-10-8-6-4-2-3-5-7-9-11-13-15-17-19-21/h2-3,22-23H,4-19,21H2,1H3/b3-2-. The SMILES string of the molecule is CC(O)(O)CCCCCCCC/C=C\CCCCCCCCN. The summed E-state index contributed by atoms with van der Waals surface area (Å²) >= 11 is 0. The maximum Gasteiger partial charge on any atom is 0.159 e. The van der Waals surface area contributed by atoms with Crippen LogP contribution in [0.15, 0.2) is 12.2 Å². The van der Waals surface area contributed by atoms with E-state index in [2.05, 4.69) is 12.2 Å². The highest BCUT2D eigenvalue weighted by molar-refractivity contribution is 4.81. The lowest BCUT2D eigenvalue weighted by Gasteiger charge is -2.14. The maximum atomic E-state index is 9.19. The first-order valence-corrected chi connectivity index (χ1v) is 9.86. The Morgan fingerprint density at radius 1 is 0.652 bits per heavy atom. The summed E-state index contributed by atoms with van der Waals surface area (Å²) in [5.41, 5.74) is 5.48. The van der Waals surface area contributed by atoms with Gasteiger partial charge in [-0.3, -0.25) is 0 Å². The van der Waals surface area contributed by atoms with E-state index >= 15 is 0 Å². The Morgan fingerprint density at radius 2 is 1.04 bits per heavy atom. The normalized spacial score (nSPS) is 12.3. The second-order valence-electron chi connectivity index (χ2n) is 7.05. The molecular weight excluding hydrogens is 286 g/mol. The van der Waals surface area contributed by atoms with Crippen LogP contribution in [-0.2, 0) is 0 Å². The molecule has 0 aliphatic rings. The second kappa shape index (κ2) is 16.5. The third-order valence-corrected chi connectivity index (χ3v) is 4.26. The van der Waals surface area contributed by atoms with Gasteiger partial charge in [-0.15, -0.1) is 0 Å². The Morgan fingerprint density at radius 3 is 1.48 bits per heavy atom. The molecule has 0 aromatic carbocycles. The maximum absolute atomic E-state index is 9.19. The van der Waals surface area contributed by atoms with E-state index in [0.717, 1.165) is 19.4 Å². The van der Waals surface area contributed by atoms with Crippen molar-refractivity contribution in [3.63, 3.8) is 0 Å². The van der Waals surface area contributed by atoms with E-state index < -0.39 is 5.79 Å². The minimum Gasteiger partial charge on any atom is -0.366 e. The molecule has 0 saturated carbocycles. The summed E-state index contributed by atoms with van der Waals surface area (Å²) < 4.78 is 0. The predicted molar refractivity (Wildman–Crippen MR) is 100 cm³/mol. The fraction of sp³-hybridized carbons (Fsp3) is 0.900. The Balaban J connectivity index is 3.11. The van der Waals surface area contributed by atoms with Gasteiger partial charge in [-0.05, 0) is 52.0 Å². The highest BCUT2D eigenvalue weighted by atomic mass is 16.5. The Bertz CT molecular complexity index is 259. The molecule has 3 heteroatoms. The number of hydrogen-bond donors (Lipinski definition) is 3. The fourth-order valence-electron chi connectivity index (χ4n) is 2.78. The first kappa shape index (κ1) is 22.6. The zero-order valence-corrected chi connectivity index (χ0v) is 15.4. The number of hydrogen-bond acceptors (Lipinski definition) is 3. The molecule has 0 bridgehead atoms. The van der Waals surface area contributed by atoms with E-state index in [1.807, 2.05) is 0 Å². The molecule has 23 heavy (non-hydrogen) atoms. The molecule has 0 saturated heterocycles. The first-order chi connectivity index (χ1) is 11.1. The van der Waals surface area contributed by atoms with Gasteiger partial charge in [0.15, 0.2) is 5.79 Å². The monoisotopic (exact) mass is 327 g/mol. The van der Waals surface area contributed by atoms with Crippen molar-refractivity contribution in [3.05, 3.63) is 12.2 Å². The zero-order chi connectivity index (χ0) is 17.2. The van der Waals surface area contributed by atoms with Gasteiger partial charge in [0.25, 0.3) is 0 Å². The third kappa shape index (κ3) is 21.6. The number of allylic oxidation sites excluding steroid dienone is 2. The van der Waals surface area contributed by atoms with Crippen molar-refractivity contribution in [1.82, 2.24) is 0 Å². The highest BCUT2D eigenvalue weighted by Gasteiger charge is 2.12. The highest BCUT2D eigenvalue weighted by Crippen LogP contribution is 2.14. The van der Waals surface area contributed by atoms with Gasteiger partial charge in [-0.25, -0.2) is 0 Å². The second-order valence-corrected chi connectivity index (χ2v) is 7.05. The van der Waals surface area contributed by atoms with Crippen molar-refractivity contribution in [2.45, 2.75) is 109 Å². The number of aliphatic hydroxyl groups is 2. The number of unbranched alkanes of at least 4 members (excludes halogenated alkanes) is 12. The van der Waals surface area contributed by atoms with Crippen LogP contribution in [0.1, 0.15) is 103 Å². The molecule has 0 spiro atoms. The van der Waals surface area contributed by atoms with Crippen molar-refractivity contribution in [2.75, 3.05) is 6.54 Å². The zero-order valence-electron chi connectivity index (χ0n) is 15.4. The van der Waals surface area contributed by atoms with Crippen LogP contribution in [0, 0.1) is 0 Å². The number of rotatable bonds is 17. The van der Waals surface area contributed by atoms with E-state index in [1.54, 1.807) is 0 Å². The third-order valence-electron chi connectivity index (χ3n) is 4.26. The average Bonchev–Trinajstić information content (AvgIpc) is 2.49. The van der Waals surface area contributed by atoms with Gasteiger partial charge in [0.2, 0.25) is 0 Å². The van der Waals surface area contributed by atoms with E-state index in [9.17, 15) is 10.2 Å². The van der Waals surface area contributed by atoms with Crippen molar-refractivity contribution in [2.24, 2.45) is 5.73 Å². The molecule has 0 heterocycles. The van der Waals surface area contributed by atoms with Crippen molar-refractivity contribution in [3.8, 4) is 0 Å². The van der Waals surface area contributed by atoms with E-state index in [0.29, 0.717) is 6.42 Å². The van der Waals surface area contributed by atoms with Crippen molar-refractivity contribution in [1.29, 1.82) is 0 Å². The summed E-state index contributed by atoms with van der Waals surface area (Å²) in [6.07, 6.45) is 22.6. The summed E-state index contributed by atoms with van der Waals surface area (Å²) in [6.45, 7) is 2.30. The average molecular weight is 328 g/mol. The van der Waals surface area contributed by atoms with Crippen LogP contribution in [-0.4, -0.2) is 22.5 Å². The summed E-state index contributed by atoms with van der Waals surface area (Å²) in [6, 6.07) is 0. The summed E-state index contributed by atoms with van der Waals surface area (Å²) in [5.74, 6) is -1.48. The van der Waals surface area contributed by atoms with Crippen LogP contribution in [0.3, 0.4) is 0 Å². The quantitative estimate of drug-likeness (QED) is 0.199. The van der Waals surface area contributed by atoms with Gasteiger partial charge in [0.05, 0.1) is 0 Å². The van der Waals surface area contributed by atoms with Crippen LogP contribution < -0.4 is 5.73 Å². The molecule has 0 aliphatic heterocycles. The predicted octanol–water partition coefficient (Wildman–Crippen LogP) is 5.05. The molecule has 138 valence electrons. The first-order valence-electron chi connectivity index (χ1n) is 9.86. The lowest BCUT2D eigenvalue weighted by molar-refractivity contribution is -0.150. The van der Waals surface area contributed by atoms with Crippen molar-refractivity contribution < 1.29 is 10.2 Å². The molecule has 0 unspecified atom stereocenters. The summed E-state index contributed by atoms with van der Waals surface area (Å²) in [4.78, 5) is 0. The van der Waals surface area contributed by atoms with Crippen LogP contribution in [0.5, 0.6) is 0 Å². The molecule has 3 nitrogen and oxygen atoms in total. The summed E-state index contributed by atoms with van der Waals surface area (Å²) in [5, 5.41) is 18.4. The Labute approximate surface area is 144 Å². The molecule has 0 fully saturated rings. The molecule has 4 N–H and O–H groups in total. The van der Waals surface area contributed by atoms with Gasteiger partial charge in [-0.1, -0.05) is 63.5 Å². The Kier molecular flexibility index (Phi) is 16.2. The molecule has 0 amide bonds. The van der Waals surface area contributed by atoms with Gasteiger partial charge >= 0.3 is 0 Å². The fourth-order valence-corrected chi connectivity index (χ4v) is 2.78. The lowest BCUT2D eigenvalue weighted by atomic mass is 10.1. The van der Waals surface area contributed by atoms with Gasteiger partial charge in [0.1, 0.15) is 0 Å². The van der Waals surface area contributed by atoms with Crippen LogP contribution in [0.2, 0.25) is 0 Å². The van der Waals surface area contributed by atoms with Crippen molar-refractivity contribution >= 4 is 0 Å². The largest absolute Gasteiger partial charge is 0.366 e. The van der Waals surface area contributed by atoms with E-state index in [4.69, 9.17) is 5.73 Å². The lowest BCUT2D eigenvalue weighted by Crippen LogP contribution is -2.22. The molecule has 0 aromatic rings. The van der Waals surface area contributed by atoms with E-state index in [1.165, 1.54) is 84.0 Å². The smallest absolute Gasteiger partial charge is 0.159 e. The molecule has 0 aliphatic carbocycles. The van der Waals surface area contributed by atoms with Crippen LogP contribution in [0.25, 0.3) is 0 Å². The molecule has 0 atom stereocenters. The number of nitrogens with two attached hydrogens (primary N) is 1. The molecular formula is C20H41NO2. The van der Waals surface area contributed by atoms with E-state index in [-0.39, 0.29) is 0 Å². The van der Waals surface area contributed by atoms with Gasteiger partial charge in [-0.2, -0.15) is 0 Å². The molecule has 0 radical (unpaired) electrons. The summed E-state index contributed by atoms with van der Waals surface area (Å²) in [7, 11) is 0. The van der Waals surface area contributed by atoms with Crippen LogP contribution >= 0.6 is 0 Å². The van der Waals surface area contributed by atoms with Gasteiger partial charge < -0.3 is 15.9 Å². The van der Waals surface area contributed by atoms with Crippen LogP contribution in [0.4, 0.5) is 0 Å². The molecule has 0 rings (SSSR count). The minimum atomic E-state index is -1.48. The topological polar surface area (TPSA) is 66.5 Å². The molecule has 0 aromatic heterocycles. The van der Waals surface area contributed by atoms with Gasteiger partial charge in [0, 0.05) is 6.42 Å². The minimum absolute atomic E-state index is 0.489.